The van der Waals surface area contributed by atoms with Crippen LogP contribution in [0, 0.1) is 0 Å². The highest BCUT2D eigenvalue weighted by Gasteiger charge is 2.23. The molecule has 5 nitrogen and oxygen atoms in total. The Hall–Kier alpha value is -2.53. The van der Waals surface area contributed by atoms with Gasteiger partial charge in [0.25, 0.3) is 5.91 Å². The molecule has 5 heteroatoms. The molecule has 1 heterocycles. The summed E-state index contributed by atoms with van der Waals surface area (Å²) in [4.78, 5) is 15.0. The van der Waals surface area contributed by atoms with Gasteiger partial charge in [-0.1, -0.05) is 12.1 Å². The smallest absolute Gasteiger partial charge is 0.256 e. The summed E-state index contributed by atoms with van der Waals surface area (Å²) in [5.41, 5.74) is 2.38. The second-order valence-corrected chi connectivity index (χ2v) is 6.38. The van der Waals surface area contributed by atoms with E-state index in [1.165, 1.54) is 0 Å². The third kappa shape index (κ3) is 4.35. The number of anilines is 2. The number of rotatable bonds is 7. The molecule has 1 amide bonds. The van der Waals surface area contributed by atoms with Crippen molar-refractivity contribution in [3.05, 3.63) is 54.1 Å². The molecular weight excluding hydrogens is 328 g/mol. The Kier molecular flexibility index (Phi) is 6.12. The quantitative estimate of drug-likeness (QED) is 0.814. The first-order valence-electron chi connectivity index (χ1n) is 9.12. The molecule has 2 aromatic carbocycles. The van der Waals surface area contributed by atoms with E-state index in [4.69, 9.17) is 9.47 Å². The van der Waals surface area contributed by atoms with Crippen LogP contribution in [-0.4, -0.2) is 43.7 Å². The Morgan fingerprint density at radius 1 is 1.23 bits per heavy atom. The van der Waals surface area contributed by atoms with Crippen LogP contribution < -0.4 is 10.1 Å². The fourth-order valence-corrected chi connectivity index (χ4v) is 3.17. The Morgan fingerprint density at radius 3 is 2.65 bits per heavy atom. The predicted molar refractivity (Wildman–Crippen MR) is 103 cm³/mol. The van der Waals surface area contributed by atoms with Crippen LogP contribution in [-0.2, 0) is 4.74 Å². The summed E-state index contributed by atoms with van der Waals surface area (Å²) in [6.07, 6.45) is 2.25. The molecule has 26 heavy (non-hydrogen) atoms. The van der Waals surface area contributed by atoms with Crippen molar-refractivity contribution in [1.82, 2.24) is 4.90 Å². The highest BCUT2D eigenvalue weighted by Crippen LogP contribution is 2.24. The molecule has 0 aromatic heterocycles. The average Bonchev–Trinajstić information content (AvgIpc) is 3.20. The van der Waals surface area contributed by atoms with E-state index in [9.17, 15) is 4.79 Å². The van der Waals surface area contributed by atoms with Gasteiger partial charge in [-0.05, 0) is 56.2 Å². The first-order chi connectivity index (χ1) is 12.7. The Morgan fingerprint density at radius 2 is 2.00 bits per heavy atom. The third-order valence-electron chi connectivity index (χ3n) is 4.64. The number of carbonyl (C=O) groups excluding carboxylic acids is 1. The van der Waals surface area contributed by atoms with E-state index in [-0.39, 0.29) is 12.0 Å². The number of para-hydroxylation sites is 1. The number of benzene rings is 2. The second kappa shape index (κ2) is 8.72. The van der Waals surface area contributed by atoms with Crippen LogP contribution in [0.2, 0.25) is 0 Å². The number of hydrogen-bond donors (Lipinski definition) is 1. The molecule has 1 aliphatic heterocycles. The van der Waals surface area contributed by atoms with Gasteiger partial charge in [0.2, 0.25) is 0 Å². The van der Waals surface area contributed by atoms with Gasteiger partial charge in [0.05, 0.1) is 24.5 Å². The number of likely N-dealkylation sites (N-methyl/N-ethyl adjacent to an activating group) is 1. The lowest BCUT2D eigenvalue weighted by atomic mass is 10.1. The van der Waals surface area contributed by atoms with Gasteiger partial charge in [0, 0.05) is 25.4 Å². The van der Waals surface area contributed by atoms with Crippen LogP contribution in [0.5, 0.6) is 5.75 Å². The van der Waals surface area contributed by atoms with Gasteiger partial charge in [-0.15, -0.1) is 0 Å². The molecule has 3 rings (SSSR count). The maximum Gasteiger partial charge on any atom is 0.256 e. The van der Waals surface area contributed by atoms with Crippen LogP contribution in [0.1, 0.15) is 30.1 Å². The first kappa shape index (κ1) is 18.3. The van der Waals surface area contributed by atoms with Crippen LogP contribution >= 0.6 is 0 Å². The van der Waals surface area contributed by atoms with Crippen molar-refractivity contribution < 1.29 is 14.3 Å². The van der Waals surface area contributed by atoms with E-state index < -0.39 is 0 Å². The molecule has 0 aliphatic carbocycles. The molecule has 0 saturated carbocycles. The summed E-state index contributed by atoms with van der Waals surface area (Å²) in [5.74, 6) is 0.827. The van der Waals surface area contributed by atoms with E-state index in [0.29, 0.717) is 18.7 Å². The van der Waals surface area contributed by atoms with Crippen LogP contribution in [0.4, 0.5) is 11.4 Å². The number of methoxy groups -OCH3 is 1. The molecule has 1 saturated heterocycles. The first-order valence-corrected chi connectivity index (χ1v) is 9.12. The van der Waals surface area contributed by atoms with E-state index in [1.54, 1.807) is 7.11 Å². The highest BCUT2D eigenvalue weighted by molar-refractivity contribution is 6.00. The van der Waals surface area contributed by atoms with Crippen LogP contribution in [0.15, 0.2) is 48.5 Å². The van der Waals surface area contributed by atoms with Crippen molar-refractivity contribution in [2.75, 3.05) is 32.1 Å². The Labute approximate surface area is 154 Å². The zero-order valence-electron chi connectivity index (χ0n) is 15.4. The number of nitrogens with zero attached hydrogens (tertiary/aromatic N) is 1. The fourth-order valence-electron chi connectivity index (χ4n) is 3.17. The summed E-state index contributed by atoms with van der Waals surface area (Å²) >= 11 is 0. The molecule has 1 aliphatic rings. The maximum absolute atomic E-state index is 13.1. The summed E-state index contributed by atoms with van der Waals surface area (Å²) < 4.78 is 10.9. The monoisotopic (exact) mass is 354 g/mol. The molecule has 2 aromatic rings. The minimum absolute atomic E-state index is 0.0274. The molecule has 0 spiro atoms. The summed E-state index contributed by atoms with van der Waals surface area (Å²) in [5, 5.41) is 3.34. The average molecular weight is 354 g/mol. The van der Waals surface area contributed by atoms with Gasteiger partial charge in [0.15, 0.2) is 0 Å². The van der Waals surface area contributed by atoms with Crippen LogP contribution in [0.3, 0.4) is 0 Å². The molecular formula is C21H26N2O3. The van der Waals surface area contributed by atoms with Crippen molar-refractivity contribution >= 4 is 17.3 Å². The van der Waals surface area contributed by atoms with Gasteiger partial charge in [-0.2, -0.15) is 0 Å². The zero-order valence-corrected chi connectivity index (χ0v) is 15.4. The van der Waals surface area contributed by atoms with Crippen molar-refractivity contribution in [3.8, 4) is 5.75 Å². The predicted octanol–water partition coefficient (Wildman–Crippen LogP) is 4.08. The lowest BCUT2D eigenvalue weighted by Crippen LogP contribution is -2.37. The lowest BCUT2D eigenvalue weighted by Gasteiger charge is -2.25. The zero-order chi connectivity index (χ0) is 18.4. The second-order valence-electron chi connectivity index (χ2n) is 6.38. The van der Waals surface area contributed by atoms with Gasteiger partial charge in [-0.25, -0.2) is 0 Å². The molecule has 1 unspecified atom stereocenters. The van der Waals surface area contributed by atoms with E-state index >= 15 is 0 Å². The summed E-state index contributed by atoms with van der Waals surface area (Å²) in [7, 11) is 1.64. The van der Waals surface area contributed by atoms with E-state index in [2.05, 4.69) is 5.32 Å². The summed E-state index contributed by atoms with van der Waals surface area (Å²) in [6, 6.07) is 15.3. The Balaban J connectivity index is 1.76. The van der Waals surface area contributed by atoms with Crippen molar-refractivity contribution in [2.45, 2.75) is 25.9 Å². The lowest BCUT2D eigenvalue weighted by molar-refractivity contribution is 0.0540. The SMILES string of the molecule is CCN(CC1CCCO1)C(=O)c1ccccc1Nc1ccc(OC)cc1. The van der Waals surface area contributed by atoms with Crippen LogP contribution in [0.25, 0.3) is 0 Å². The number of amides is 1. The minimum Gasteiger partial charge on any atom is -0.497 e. The minimum atomic E-state index is 0.0274. The number of nitrogens with one attached hydrogen (secondary N) is 1. The number of carbonyl (C=O) groups is 1. The van der Waals surface area contributed by atoms with Crippen molar-refractivity contribution in [2.24, 2.45) is 0 Å². The molecule has 1 N–H and O–H groups in total. The normalized spacial score (nSPS) is 16.3. The van der Waals surface area contributed by atoms with Gasteiger partial charge in [-0.3, -0.25) is 4.79 Å². The van der Waals surface area contributed by atoms with Gasteiger partial charge >= 0.3 is 0 Å². The van der Waals surface area contributed by atoms with E-state index in [1.807, 2.05) is 60.4 Å². The van der Waals surface area contributed by atoms with Crippen molar-refractivity contribution in [3.63, 3.8) is 0 Å². The summed E-state index contributed by atoms with van der Waals surface area (Å²) in [6.45, 7) is 4.11. The van der Waals surface area contributed by atoms with E-state index in [0.717, 1.165) is 36.6 Å². The van der Waals surface area contributed by atoms with Gasteiger partial charge in [0.1, 0.15) is 5.75 Å². The number of ether oxygens (including phenoxy) is 2. The molecule has 0 radical (unpaired) electrons. The fraction of sp³-hybridized carbons (Fsp3) is 0.381. The third-order valence-corrected chi connectivity index (χ3v) is 4.64. The highest BCUT2D eigenvalue weighted by atomic mass is 16.5. The topological polar surface area (TPSA) is 50.8 Å². The number of hydrogen-bond acceptors (Lipinski definition) is 4. The Bertz CT molecular complexity index is 724. The largest absolute Gasteiger partial charge is 0.497 e. The van der Waals surface area contributed by atoms with Gasteiger partial charge < -0.3 is 19.7 Å². The maximum atomic E-state index is 13.1. The standard InChI is InChI=1S/C21H26N2O3/c1-3-23(15-18-7-6-14-26-18)21(24)19-8-4-5-9-20(19)22-16-10-12-17(25-2)13-11-16/h4-5,8-13,18,22H,3,6-7,14-15H2,1-2H3. The molecule has 1 atom stereocenters. The van der Waals surface area contributed by atoms with Crippen molar-refractivity contribution in [1.29, 1.82) is 0 Å². The molecule has 1 fully saturated rings. The molecule has 138 valence electrons. The molecule has 0 bridgehead atoms.